The third kappa shape index (κ3) is 44.2. The zero-order valence-electron chi connectivity index (χ0n) is 7.90. The predicted molar refractivity (Wildman–Crippen MR) is 53.8 cm³/mol. The second kappa shape index (κ2) is 22.7. The minimum Gasteiger partial charge on any atom is -0.412 e. The van der Waals surface area contributed by atoms with Gasteiger partial charge in [0.25, 0.3) is 0 Å². The fraction of sp³-hybridized carbons (Fsp3) is 0.600. The van der Waals surface area contributed by atoms with Crippen LogP contribution in [0.2, 0.25) is 0 Å². The van der Waals surface area contributed by atoms with Crippen molar-refractivity contribution >= 4 is 0 Å². The van der Waals surface area contributed by atoms with Crippen LogP contribution >= 0.6 is 0 Å². The van der Waals surface area contributed by atoms with Crippen molar-refractivity contribution in [2.24, 2.45) is 0 Å². The van der Waals surface area contributed by atoms with Gasteiger partial charge in [-0.05, 0) is 12.8 Å². The van der Waals surface area contributed by atoms with Crippen molar-refractivity contribution < 1.29 is 5.48 Å². The zero-order valence-corrected chi connectivity index (χ0v) is 7.90. The topological polar surface area (TPSA) is 31.5 Å². The third-order valence-electron chi connectivity index (χ3n) is 0.986. The molecule has 0 aliphatic carbocycles. The molecule has 0 atom stereocenters. The van der Waals surface area contributed by atoms with Crippen LogP contribution in [0.25, 0.3) is 0 Å². The minimum atomic E-state index is 0. The molecule has 1 nitrogen and oxygen atoms in total. The Kier molecular flexibility index (Phi) is 34.7. The molecule has 11 heavy (non-hydrogen) atoms. The highest BCUT2D eigenvalue weighted by molar-refractivity contribution is 4.63. The molecule has 0 unspecified atom stereocenters. The lowest BCUT2D eigenvalue weighted by Gasteiger charge is -1.72. The van der Waals surface area contributed by atoms with Gasteiger partial charge in [-0.25, -0.2) is 0 Å². The Labute approximate surface area is 71.1 Å². The first kappa shape index (κ1) is 16.8. The Bertz CT molecular complexity index is 57.3. The van der Waals surface area contributed by atoms with Crippen LogP contribution in [-0.4, -0.2) is 5.48 Å². The normalized spacial score (nSPS) is 6.73. The first-order valence-corrected chi connectivity index (χ1v) is 4.05. The molecule has 0 aromatic heterocycles. The van der Waals surface area contributed by atoms with E-state index in [9.17, 15) is 0 Å². The molecule has 0 saturated heterocycles. The Morgan fingerprint density at radius 2 is 1.18 bits per heavy atom. The van der Waals surface area contributed by atoms with Crippen LogP contribution in [0.15, 0.2) is 25.3 Å². The van der Waals surface area contributed by atoms with E-state index < -0.39 is 0 Å². The van der Waals surface area contributed by atoms with E-state index in [0.29, 0.717) is 0 Å². The lowest BCUT2D eigenvalue weighted by atomic mass is 10.3. The molecule has 0 amide bonds. The van der Waals surface area contributed by atoms with Crippen molar-refractivity contribution in [1.82, 2.24) is 0 Å². The van der Waals surface area contributed by atoms with Crippen LogP contribution in [0, 0.1) is 0 Å². The summed E-state index contributed by atoms with van der Waals surface area (Å²) >= 11 is 0. The van der Waals surface area contributed by atoms with Crippen molar-refractivity contribution in [3.63, 3.8) is 0 Å². The van der Waals surface area contributed by atoms with Crippen molar-refractivity contribution in [2.45, 2.75) is 39.5 Å². The van der Waals surface area contributed by atoms with Crippen LogP contribution in [-0.2, 0) is 0 Å². The van der Waals surface area contributed by atoms with Crippen molar-refractivity contribution in [1.29, 1.82) is 0 Å². The molecule has 0 fully saturated rings. The quantitative estimate of drug-likeness (QED) is 0.563. The van der Waals surface area contributed by atoms with Gasteiger partial charge in [0.15, 0.2) is 0 Å². The Balaban J connectivity index is -0.000000107. The van der Waals surface area contributed by atoms with Gasteiger partial charge in [0.1, 0.15) is 0 Å². The highest BCUT2D eigenvalue weighted by atomic mass is 16.0. The predicted octanol–water partition coefficient (Wildman–Crippen LogP) is 3.12. The summed E-state index contributed by atoms with van der Waals surface area (Å²) in [5.41, 5.74) is 0. The monoisotopic (exact) mass is 158 g/mol. The molecule has 2 N–H and O–H groups in total. The lowest BCUT2D eigenvalue weighted by molar-refractivity contribution is 0.824. The number of hydrogen-bond acceptors (Lipinski definition) is 0. The van der Waals surface area contributed by atoms with Crippen molar-refractivity contribution in [3.8, 4) is 0 Å². The summed E-state index contributed by atoms with van der Waals surface area (Å²) in [5, 5.41) is 0. The Hall–Kier alpha value is -0.560. The van der Waals surface area contributed by atoms with Gasteiger partial charge in [-0.1, -0.05) is 38.8 Å². The van der Waals surface area contributed by atoms with Gasteiger partial charge in [-0.2, -0.15) is 0 Å². The van der Waals surface area contributed by atoms with Crippen LogP contribution < -0.4 is 0 Å². The van der Waals surface area contributed by atoms with Crippen LogP contribution in [0.1, 0.15) is 39.5 Å². The smallest absolute Gasteiger partial charge is 0.0356 e. The molecule has 0 aliphatic heterocycles. The molecule has 0 saturated carbocycles. The molecular weight excluding hydrogens is 136 g/mol. The van der Waals surface area contributed by atoms with E-state index in [-0.39, 0.29) is 5.48 Å². The second-order valence-corrected chi connectivity index (χ2v) is 2.15. The zero-order chi connectivity index (χ0) is 8.24. The van der Waals surface area contributed by atoms with Gasteiger partial charge < -0.3 is 5.48 Å². The van der Waals surface area contributed by atoms with Crippen LogP contribution in [0.4, 0.5) is 0 Å². The number of unbranched alkanes of at least 4 members (excludes halogenated alkanes) is 2. The molecule has 0 aromatic carbocycles. The molecule has 0 aliphatic rings. The van der Waals surface area contributed by atoms with Gasteiger partial charge in [-0.15, -0.1) is 13.2 Å². The van der Waals surface area contributed by atoms with Gasteiger partial charge >= 0.3 is 0 Å². The van der Waals surface area contributed by atoms with E-state index >= 15 is 0 Å². The van der Waals surface area contributed by atoms with Crippen LogP contribution in [0.3, 0.4) is 0 Å². The summed E-state index contributed by atoms with van der Waals surface area (Å²) in [4.78, 5) is 0. The summed E-state index contributed by atoms with van der Waals surface area (Å²) in [6.07, 6.45) is 8.62. The van der Waals surface area contributed by atoms with Gasteiger partial charge in [0.05, 0.1) is 0 Å². The first-order valence-electron chi connectivity index (χ1n) is 4.05. The summed E-state index contributed by atoms with van der Waals surface area (Å²) in [6, 6.07) is 0. The fourth-order valence-electron chi connectivity index (χ4n) is 0.408. The molecule has 0 bridgehead atoms. The second-order valence-electron chi connectivity index (χ2n) is 2.15. The molecule has 0 heterocycles. The Morgan fingerprint density at radius 3 is 1.18 bits per heavy atom. The number of rotatable bonds is 4. The lowest BCUT2D eigenvalue weighted by Crippen LogP contribution is -1.52. The maximum atomic E-state index is 3.55. The average molecular weight is 158 g/mol. The van der Waals surface area contributed by atoms with E-state index in [0.717, 1.165) is 12.8 Å². The SMILES string of the molecule is C=CCCC.C=CCCC.O. The molecule has 1 heteroatoms. The van der Waals surface area contributed by atoms with E-state index in [4.69, 9.17) is 0 Å². The average Bonchev–Trinajstić information content (AvgIpc) is 1.93. The third-order valence-corrected chi connectivity index (χ3v) is 0.986. The number of hydrogen-bond donors (Lipinski definition) is 0. The minimum absolute atomic E-state index is 0. The summed E-state index contributed by atoms with van der Waals surface area (Å²) in [7, 11) is 0. The molecule has 0 radical (unpaired) electrons. The summed E-state index contributed by atoms with van der Waals surface area (Å²) < 4.78 is 0. The highest BCUT2D eigenvalue weighted by Gasteiger charge is 1.62. The maximum absolute atomic E-state index is 3.55. The van der Waals surface area contributed by atoms with Gasteiger partial charge in [-0.3, -0.25) is 0 Å². The fourth-order valence-corrected chi connectivity index (χ4v) is 0.408. The molecule has 0 aromatic rings. The molecule has 68 valence electrons. The Morgan fingerprint density at radius 1 is 0.909 bits per heavy atom. The largest absolute Gasteiger partial charge is 0.412 e. The van der Waals surface area contributed by atoms with Gasteiger partial charge in [0.2, 0.25) is 0 Å². The standard InChI is InChI=1S/2C5H10.H2O/c2*1-3-5-4-2;/h2*3H,1,4-5H2,2H3;1H2. The van der Waals surface area contributed by atoms with E-state index in [1.807, 2.05) is 12.2 Å². The summed E-state index contributed by atoms with van der Waals surface area (Å²) in [5.74, 6) is 0. The summed E-state index contributed by atoms with van der Waals surface area (Å²) in [6.45, 7) is 11.4. The van der Waals surface area contributed by atoms with Gasteiger partial charge in [0, 0.05) is 0 Å². The molecule has 0 rings (SSSR count). The van der Waals surface area contributed by atoms with E-state index in [1.165, 1.54) is 12.8 Å². The highest BCUT2D eigenvalue weighted by Crippen LogP contribution is 1.82. The molecule has 0 spiro atoms. The van der Waals surface area contributed by atoms with E-state index in [1.54, 1.807) is 0 Å². The maximum Gasteiger partial charge on any atom is -0.0356 e. The first-order chi connectivity index (χ1) is 4.83. The van der Waals surface area contributed by atoms with E-state index in [2.05, 4.69) is 27.0 Å². The van der Waals surface area contributed by atoms with Crippen molar-refractivity contribution in [3.05, 3.63) is 25.3 Å². The van der Waals surface area contributed by atoms with Crippen molar-refractivity contribution in [2.75, 3.05) is 0 Å². The van der Waals surface area contributed by atoms with Crippen LogP contribution in [0.5, 0.6) is 0 Å². The molecular formula is C10H22O. The number of allylic oxidation sites excluding steroid dienone is 2.